The maximum Gasteiger partial charge on any atom is 0.396 e. The van der Waals surface area contributed by atoms with Gasteiger partial charge in [-0.2, -0.15) is 0 Å². The molecule has 0 rings (SSSR count). The van der Waals surface area contributed by atoms with E-state index in [0.717, 1.165) is 19.3 Å². The summed E-state index contributed by atoms with van der Waals surface area (Å²) in [5.74, 6) is -1.37. The number of carbonyl (C=O) groups is 2. The average molecular weight is 342 g/mol. The summed E-state index contributed by atoms with van der Waals surface area (Å²) in [6, 6.07) is 0. The predicted molar refractivity (Wildman–Crippen MR) is 100.0 cm³/mol. The molecule has 0 saturated carbocycles. The van der Waals surface area contributed by atoms with E-state index < -0.39 is 11.9 Å². The van der Waals surface area contributed by atoms with Crippen molar-refractivity contribution in [2.45, 2.75) is 104 Å². The Kier molecular flexibility index (Phi) is 17.5. The van der Waals surface area contributed by atoms with Crippen LogP contribution in [0.15, 0.2) is 0 Å². The molecule has 0 saturated heterocycles. The number of unbranched alkanes of at least 4 members (excludes halogenated alkanes) is 12. The molecule has 0 radical (unpaired) electrons. The van der Waals surface area contributed by atoms with Crippen molar-refractivity contribution in [3.05, 3.63) is 0 Å². The van der Waals surface area contributed by atoms with Crippen LogP contribution in [0, 0.1) is 0 Å². The van der Waals surface area contributed by atoms with Gasteiger partial charge < -0.3 is 10.1 Å². The van der Waals surface area contributed by atoms with Gasteiger partial charge in [-0.3, -0.25) is 4.79 Å². The fourth-order valence-corrected chi connectivity index (χ4v) is 2.66. The topological polar surface area (TPSA) is 55.4 Å². The van der Waals surface area contributed by atoms with Crippen molar-refractivity contribution in [1.82, 2.24) is 5.32 Å². The van der Waals surface area contributed by atoms with Gasteiger partial charge in [0.2, 0.25) is 0 Å². The molecule has 142 valence electrons. The molecule has 0 spiro atoms. The van der Waals surface area contributed by atoms with E-state index in [2.05, 4.69) is 12.2 Å². The van der Waals surface area contributed by atoms with Crippen LogP contribution < -0.4 is 5.32 Å². The molecule has 0 fully saturated rings. The molecule has 0 aliphatic heterocycles. The maximum absolute atomic E-state index is 11.3. The van der Waals surface area contributed by atoms with Crippen LogP contribution in [0.2, 0.25) is 0 Å². The first kappa shape index (κ1) is 22.9. The predicted octanol–water partition coefficient (Wildman–Crippen LogP) is 5.15. The quantitative estimate of drug-likeness (QED) is 0.240. The van der Waals surface area contributed by atoms with Crippen LogP contribution in [-0.2, 0) is 14.3 Å². The second kappa shape index (κ2) is 18.3. The Bertz CT molecular complexity index is 305. The Morgan fingerprint density at radius 1 is 0.667 bits per heavy atom. The summed E-state index contributed by atoms with van der Waals surface area (Å²) in [7, 11) is 0. The Morgan fingerprint density at radius 3 is 1.58 bits per heavy atom. The van der Waals surface area contributed by atoms with Gasteiger partial charge in [-0.05, 0) is 12.8 Å². The zero-order valence-electron chi connectivity index (χ0n) is 16.0. The van der Waals surface area contributed by atoms with Crippen molar-refractivity contribution < 1.29 is 14.3 Å². The van der Waals surface area contributed by atoms with Crippen molar-refractivity contribution >= 4 is 11.9 Å². The molecule has 0 aromatic heterocycles. The summed E-state index contributed by atoms with van der Waals surface area (Å²) in [6.45, 7) is 5.08. The molecular formula is C20H39NO3. The highest BCUT2D eigenvalue weighted by molar-refractivity contribution is 6.32. The number of rotatable bonds is 16. The molecule has 4 heteroatoms. The zero-order chi connectivity index (χ0) is 17.9. The van der Waals surface area contributed by atoms with Gasteiger partial charge in [-0.25, -0.2) is 4.79 Å². The monoisotopic (exact) mass is 341 g/mol. The van der Waals surface area contributed by atoms with Crippen molar-refractivity contribution in [1.29, 1.82) is 0 Å². The molecule has 0 aromatic carbocycles. The van der Waals surface area contributed by atoms with E-state index >= 15 is 0 Å². The number of carbonyl (C=O) groups excluding carboxylic acids is 2. The minimum Gasteiger partial charge on any atom is -0.459 e. The third-order valence-electron chi connectivity index (χ3n) is 4.20. The molecular weight excluding hydrogens is 302 g/mol. The van der Waals surface area contributed by atoms with Gasteiger partial charge in [-0.15, -0.1) is 0 Å². The minimum absolute atomic E-state index is 0.357. The van der Waals surface area contributed by atoms with Crippen LogP contribution >= 0.6 is 0 Å². The van der Waals surface area contributed by atoms with Crippen LogP contribution in [0.5, 0.6) is 0 Å². The summed E-state index contributed by atoms with van der Waals surface area (Å²) in [5, 5.41) is 2.52. The minimum atomic E-state index is -0.748. The van der Waals surface area contributed by atoms with Gasteiger partial charge in [0.05, 0.1) is 6.61 Å². The molecule has 0 aromatic rings. The van der Waals surface area contributed by atoms with Crippen LogP contribution in [0.4, 0.5) is 0 Å². The lowest BCUT2D eigenvalue weighted by Crippen LogP contribution is -2.33. The lowest BCUT2D eigenvalue weighted by atomic mass is 10.0. The number of hydrogen-bond acceptors (Lipinski definition) is 3. The first-order valence-electron chi connectivity index (χ1n) is 10.2. The molecule has 0 atom stereocenters. The first-order chi connectivity index (χ1) is 11.7. The fourth-order valence-electron chi connectivity index (χ4n) is 2.66. The first-order valence-corrected chi connectivity index (χ1v) is 10.2. The standard InChI is InChI=1S/C20H39NO3/c1-3-5-6-7-8-9-10-11-12-13-14-15-16-18-24-20(23)19(22)21-17-4-2/h3-18H2,1-2H3,(H,21,22). The normalized spacial score (nSPS) is 10.6. The van der Waals surface area contributed by atoms with E-state index in [1.54, 1.807) is 0 Å². The second-order valence-corrected chi connectivity index (χ2v) is 6.63. The van der Waals surface area contributed by atoms with Crippen molar-refractivity contribution in [2.24, 2.45) is 0 Å². The lowest BCUT2D eigenvalue weighted by Gasteiger charge is -2.05. The highest BCUT2D eigenvalue weighted by Gasteiger charge is 2.13. The maximum atomic E-state index is 11.3. The van der Waals surface area contributed by atoms with E-state index in [9.17, 15) is 9.59 Å². The van der Waals surface area contributed by atoms with Crippen molar-refractivity contribution in [3.8, 4) is 0 Å². The van der Waals surface area contributed by atoms with E-state index in [1.165, 1.54) is 70.6 Å². The lowest BCUT2D eigenvalue weighted by molar-refractivity contribution is -0.155. The third-order valence-corrected chi connectivity index (χ3v) is 4.20. The zero-order valence-corrected chi connectivity index (χ0v) is 16.0. The van der Waals surface area contributed by atoms with Crippen molar-refractivity contribution in [3.63, 3.8) is 0 Å². The second-order valence-electron chi connectivity index (χ2n) is 6.63. The Morgan fingerprint density at radius 2 is 1.12 bits per heavy atom. The summed E-state index contributed by atoms with van der Waals surface area (Å²) < 4.78 is 4.95. The largest absolute Gasteiger partial charge is 0.459 e. The smallest absolute Gasteiger partial charge is 0.396 e. The van der Waals surface area contributed by atoms with Gasteiger partial charge in [0.1, 0.15) is 0 Å². The molecule has 1 amide bonds. The van der Waals surface area contributed by atoms with Crippen LogP contribution in [-0.4, -0.2) is 25.0 Å². The summed E-state index contributed by atoms with van der Waals surface area (Å²) in [6.07, 6.45) is 17.5. The van der Waals surface area contributed by atoms with Gasteiger partial charge >= 0.3 is 11.9 Å². The van der Waals surface area contributed by atoms with E-state index in [-0.39, 0.29) is 0 Å². The number of hydrogen-bond donors (Lipinski definition) is 1. The van der Waals surface area contributed by atoms with E-state index in [4.69, 9.17) is 4.74 Å². The summed E-state index contributed by atoms with van der Waals surface area (Å²) in [5.41, 5.74) is 0. The van der Waals surface area contributed by atoms with E-state index in [0.29, 0.717) is 13.2 Å². The van der Waals surface area contributed by atoms with Gasteiger partial charge in [0.25, 0.3) is 0 Å². The molecule has 4 nitrogen and oxygen atoms in total. The van der Waals surface area contributed by atoms with Gasteiger partial charge in [-0.1, -0.05) is 90.9 Å². The number of esters is 1. The number of ether oxygens (including phenoxy) is 1. The van der Waals surface area contributed by atoms with Crippen LogP contribution in [0.1, 0.15) is 104 Å². The Hall–Kier alpha value is -1.06. The highest BCUT2D eigenvalue weighted by Crippen LogP contribution is 2.12. The number of nitrogens with one attached hydrogen (secondary N) is 1. The SMILES string of the molecule is CCCCCCCCCCCCCCCOC(=O)C(=O)NCCC. The number of amides is 1. The summed E-state index contributed by atoms with van der Waals surface area (Å²) in [4.78, 5) is 22.6. The highest BCUT2D eigenvalue weighted by atomic mass is 16.5. The molecule has 1 N–H and O–H groups in total. The molecule has 24 heavy (non-hydrogen) atoms. The Labute approximate surface area is 149 Å². The van der Waals surface area contributed by atoms with E-state index in [1.807, 2.05) is 6.92 Å². The van der Waals surface area contributed by atoms with Gasteiger partial charge in [0, 0.05) is 6.54 Å². The van der Waals surface area contributed by atoms with Crippen molar-refractivity contribution in [2.75, 3.05) is 13.2 Å². The Balaban J connectivity index is 3.20. The molecule has 0 aliphatic carbocycles. The summed E-state index contributed by atoms with van der Waals surface area (Å²) >= 11 is 0. The molecule has 0 heterocycles. The third kappa shape index (κ3) is 15.8. The molecule has 0 unspecified atom stereocenters. The van der Waals surface area contributed by atoms with Crippen LogP contribution in [0.3, 0.4) is 0 Å². The fraction of sp³-hybridized carbons (Fsp3) is 0.900. The molecule has 0 bridgehead atoms. The molecule has 0 aliphatic rings. The van der Waals surface area contributed by atoms with Gasteiger partial charge in [0.15, 0.2) is 0 Å². The average Bonchev–Trinajstić information content (AvgIpc) is 2.59. The van der Waals surface area contributed by atoms with Crippen LogP contribution in [0.25, 0.3) is 0 Å².